The third kappa shape index (κ3) is 6.30. The molecule has 102 valence electrons. The van der Waals surface area contributed by atoms with Gasteiger partial charge < -0.3 is 5.32 Å². The van der Waals surface area contributed by atoms with Gasteiger partial charge in [-0.05, 0) is 24.3 Å². The monoisotopic (exact) mass is 276 g/mol. The summed E-state index contributed by atoms with van der Waals surface area (Å²) in [6.45, 7) is 6.50. The van der Waals surface area contributed by atoms with Gasteiger partial charge in [0.1, 0.15) is 6.07 Å². The van der Waals surface area contributed by atoms with Crippen LogP contribution >= 0.6 is 11.8 Å². The highest BCUT2D eigenvalue weighted by atomic mass is 32.2. The van der Waals surface area contributed by atoms with Crippen LogP contribution in [-0.2, 0) is 4.79 Å². The Morgan fingerprint density at radius 3 is 2.68 bits per heavy atom. The van der Waals surface area contributed by atoms with Crippen molar-refractivity contribution in [3.8, 4) is 6.07 Å². The first-order valence-electron chi connectivity index (χ1n) is 6.35. The van der Waals surface area contributed by atoms with E-state index in [1.54, 1.807) is 18.2 Å². The van der Waals surface area contributed by atoms with Gasteiger partial charge in [0, 0.05) is 11.2 Å². The zero-order valence-corrected chi connectivity index (χ0v) is 12.5. The van der Waals surface area contributed by atoms with Gasteiger partial charge in [-0.2, -0.15) is 17.0 Å². The molecule has 1 aromatic carbocycles. The Kier molecular flexibility index (Phi) is 5.91. The number of nitrogens with one attached hydrogen (secondary N) is 1. The van der Waals surface area contributed by atoms with E-state index < -0.39 is 0 Å². The second-order valence-corrected chi connectivity index (χ2v) is 7.19. The van der Waals surface area contributed by atoms with Crippen LogP contribution in [0.5, 0.6) is 0 Å². The van der Waals surface area contributed by atoms with Crippen molar-refractivity contribution in [2.24, 2.45) is 0 Å². The lowest BCUT2D eigenvalue weighted by Gasteiger charge is -2.17. The van der Waals surface area contributed by atoms with Crippen LogP contribution in [0.15, 0.2) is 24.3 Å². The number of para-hydroxylation sites is 1. The Morgan fingerprint density at radius 2 is 2.05 bits per heavy atom. The third-order valence-electron chi connectivity index (χ3n) is 2.40. The van der Waals surface area contributed by atoms with Crippen molar-refractivity contribution in [2.45, 2.75) is 38.4 Å². The predicted octanol–water partition coefficient (Wildman–Crippen LogP) is 3.81. The van der Waals surface area contributed by atoms with Crippen LogP contribution in [0, 0.1) is 11.3 Å². The molecular formula is C15H20N2OS. The summed E-state index contributed by atoms with van der Waals surface area (Å²) >= 11 is 1.86. The van der Waals surface area contributed by atoms with Crippen LogP contribution < -0.4 is 5.32 Å². The van der Waals surface area contributed by atoms with Crippen molar-refractivity contribution < 1.29 is 4.79 Å². The van der Waals surface area contributed by atoms with Gasteiger partial charge in [0.25, 0.3) is 0 Å². The van der Waals surface area contributed by atoms with Crippen LogP contribution in [-0.4, -0.2) is 16.4 Å². The van der Waals surface area contributed by atoms with E-state index in [4.69, 9.17) is 5.26 Å². The van der Waals surface area contributed by atoms with E-state index in [1.807, 2.05) is 17.8 Å². The molecular weight excluding hydrogens is 256 g/mol. The van der Waals surface area contributed by atoms with E-state index in [-0.39, 0.29) is 10.7 Å². The van der Waals surface area contributed by atoms with Gasteiger partial charge in [-0.15, -0.1) is 0 Å². The van der Waals surface area contributed by atoms with Gasteiger partial charge in [-0.25, -0.2) is 0 Å². The maximum Gasteiger partial charge on any atom is 0.224 e. The average Bonchev–Trinajstić information content (AvgIpc) is 2.34. The average molecular weight is 276 g/mol. The fraction of sp³-hybridized carbons (Fsp3) is 0.467. The van der Waals surface area contributed by atoms with Crippen molar-refractivity contribution in [3.05, 3.63) is 29.8 Å². The Balaban J connectivity index is 2.38. The van der Waals surface area contributed by atoms with Crippen molar-refractivity contribution in [1.82, 2.24) is 0 Å². The largest absolute Gasteiger partial charge is 0.325 e. The number of benzene rings is 1. The number of hydrogen-bond acceptors (Lipinski definition) is 3. The fourth-order valence-corrected chi connectivity index (χ4v) is 2.41. The number of thioether (sulfide) groups is 1. The van der Waals surface area contributed by atoms with Gasteiger partial charge >= 0.3 is 0 Å². The molecule has 1 aromatic rings. The van der Waals surface area contributed by atoms with Gasteiger partial charge in [-0.3, -0.25) is 4.79 Å². The molecule has 0 radical (unpaired) electrons. The number of amides is 1. The Morgan fingerprint density at radius 1 is 1.37 bits per heavy atom. The number of carbonyl (C=O) groups is 1. The number of rotatable bonds is 5. The number of hydrogen-bond donors (Lipinski definition) is 1. The fourth-order valence-electron chi connectivity index (χ4n) is 1.51. The maximum absolute atomic E-state index is 11.8. The Bertz CT molecular complexity index is 472. The molecule has 0 aliphatic carbocycles. The smallest absolute Gasteiger partial charge is 0.224 e. The molecule has 1 rings (SSSR count). The second-order valence-electron chi connectivity index (χ2n) is 5.27. The molecule has 0 saturated carbocycles. The number of anilines is 1. The van der Waals surface area contributed by atoms with E-state index in [0.717, 1.165) is 12.2 Å². The molecule has 0 unspecified atom stereocenters. The summed E-state index contributed by atoms with van der Waals surface area (Å²) < 4.78 is 0.240. The molecule has 0 aliphatic rings. The van der Waals surface area contributed by atoms with E-state index in [9.17, 15) is 4.79 Å². The van der Waals surface area contributed by atoms with Crippen LogP contribution in [0.1, 0.15) is 39.2 Å². The van der Waals surface area contributed by atoms with Gasteiger partial charge in [-0.1, -0.05) is 32.9 Å². The molecule has 0 bridgehead atoms. The highest BCUT2D eigenvalue weighted by Crippen LogP contribution is 2.24. The van der Waals surface area contributed by atoms with Crippen molar-refractivity contribution >= 4 is 23.4 Å². The van der Waals surface area contributed by atoms with Crippen molar-refractivity contribution in [3.63, 3.8) is 0 Å². The van der Waals surface area contributed by atoms with Gasteiger partial charge in [0.2, 0.25) is 5.91 Å². The molecule has 0 aromatic heterocycles. The summed E-state index contributed by atoms with van der Waals surface area (Å²) in [4.78, 5) is 11.8. The summed E-state index contributed by atoms with van der Waals surface area (Å²) in [7, 11) is 0. The highest BCUT2D eigenvalue weighted by Gasteiger charge is 2.11. The zero-order chi connectivity index (χ0) is 14.3. The van der Waals surface area contributed by atoms with E-state index in [0.29, 0.717) is 17.7 Å². The Hall–Kier alpha value is -1.47. The summed E-state index contributed by atoms with van der Waals surface area (Å²) in [5, 5.41) is 11.7. The first kappa shape index (κ1) is 15.6. The highest BCUT2D eigenvalue weighted by molar-refractivity contribution is 8.00. The van der Waals surface area contributed by atoms with E-state index in [2.05, 4.69) is 32.2 Å². The van der Waals surface area contributed by atoms with Crippen LogP contribution in [0.25, 0.3) is 0 Å². The number of nitrogens with zero attached hydrogens (tertiary/aromatic N) is 1. The van der Waals surface area contributed by atoms with E-state index in [1.165, 1.54) is 0 Å². The molecule has 3 nitrogen and oxygen atoms in total. The molecule has 0 saturated heterocycles. The second kappa shape index (κ2) is 7.20. The van der Waals surface area contributed by atoms with Crippen LogP contribution in [0.3, 0.4) is 0 Å². The molecule has 4 heteroatoms. The zero-order valence-electron chi connectivity index (χ0n) is 11.7. The molecule has 19 heavy (non-hydrogen) atoms. The number of nitriles is 1. The summed E-state index contributed by atoms with van der Waals surface area (Å²) in [6, 6.07) is 9.12. The van der Waals surface area contributed by atoms with Crippen molar-refractivity contribution in [1.29, 1.82) is 5.26 Å². The van der Waals surface area contributed by atoms with Crippen LogP contribution in [0.2, 0.25) is 0 Å². The molecule has 1 N–H and O–H groups in total. The Labute approximate surface area is 119 Å². The standard InChI is InChI=1S/C15H20N2OS/c1-15(2,3)19-10-6-9-14(18)17-13-8-5-4-7-12(13)11-16/h4-5,7-8H,6,9-10H2,1-3H3,(H,17,18). The third-order valence-corrected chi connectivity index (χ3v) is 3.76. The minimum Gasteiger partial charge on any atom is -0.325 e. The predicted molar refractivity (Wildman–Crippen MR) is 81.2 cm³/mol. The maximum atomic E-state index is 11.8. The molecule has 0 aliphatic heterocycles. The minimum absolute atomic E-state index is 0.0304. The SMILES string of the molecule is CC(C)(C)SCCCC(=O)Nc1ccccc1C#N. The topological polar surface area (TPSA) is 52.9 Å². The normalized spacial score (nSPS) is 10.8. The number of carbonyl (C=O) groups excluding carboxylic acids is 1. The molecule has 0 atom stereocenters. The summed E-state index contributed by atoms with van der Waals surface area (Å²) in [5.74, 6) is 0.939. The first-order valence-corrected chi connectivity index (χ1v) is 7.34. The van der Waals surface area contributed by atoms with Crippen LogP contribution in [0.4, 0.5) is 5.69 Å². The van der Waals surface area contributed by atoms with E-state index >= 15 is 0 Å². The first-order chi connectivity index (χ1) is 8.92. The lowest BCUT2D eigenvalue weighted by Crippen LogP contribution is -2.13. The summed E-state index contributed by atoms with van der Waals surface area (Å²) in [6.07, 6.45) is 1.34. The summed E-state index contributed by atoms with van der Waals surface area (Å²) in [5.41, 5.74) is 1.10. The molecule has 0 spiro atoms. The quantitative estimate of drug-likeness (QED) is 0.832. The van der Waals surface area contributed by atoms with Gasteiger partial charge in [0.15, 0.2) is 0 Å². The molecule has 0 heterocycles. The lowest BCUT2D eigenvalue weighted by atomic mass is 10.2. The van der Waals surface area contributed by atoms with Crippen molar-refractivity contribution in [2.75, 3.05) is 11.1 Å². The molecule has 0 fully saturated rings. The lowest BCUT2D eigenvalue weighted by molar-refractivity contribution is -0.116. The minimum atomic E-state index is -0.0304. The molecule has 1 amide bonds. The van der Waals surface area contributed by atoms with Gasteiger partial charge in [0.05, 0.1) is 11.3 Å².